The first-order chi connectivity index (χ1) is 7.75. The fourth-order valence-corrected chi connectivity index (χ4v) is 3.33. The van der Waals surface area contributed by atoms with Crippen molar-refractivity contribution in [1.29, 1.82) is 0 Å². The molecule has 4 heteroatoms. The van der Waals surface area contributed by atoms with Crippen LogP contribution in [0.2, 0.25) is 0 Å². The Kier molecular flexibility index (Phi) is 2.44. The van der Waals surface area contributed by atoms with E-state index >= 15 is 0 Å². The summed E-state index contributed by atoms with van der Waals surface area (Å²) in [7, 11) is 0. The molecule has 3 saturated heterocycles. The second-order valence-corrected chi connectivity index (χ2v) is 5.39. The van der Waals surface area contributed by atoms with Gasteiger partial charge in [0.1, 0.15) is 5.60 Å². The quantitative estimate of drug-likeness (QED) is 0.621. The molecule has 2 spiro atoms. The predicted octanol–water partition coefficient (Wildman–Crippen LogP) is 0.852. The van der Waals surface area contributed by atoms with Gasteiger partial charge in [-0.15, -0.1) is 0 Å². The van der Waals surface area contributed by atoms with Crippen LogP contribution in [0.25, 0.3) is 0 Å². The average molecular weight is 225 g/mol. The van der Waals surface area contributed by atoms with Gasteiger partial charge >= 0.3 is 5.97 Å². The zero-order chi connectivity index (χ0) is 11.1. The minimum Gasteiger partial charge on any atom is -0.459 e. The van der Waals surface area contributed by atoms with E-state index in [9.17, 15) is 4.79 Å². The first-order valence-corrected chi connectivity index (χ1v) is 6.27. The molecule has 0 aromatic heterocycles. The van der Waals surface area contributed by atoms with E-state index in [-0.39, 0.29) is 17.0 Å². The van der Waals surface area contributed by atoms with Gasteiger partial charge < -0.3 is 14.8 Å². The lowest BCUT2D eigenvalue weighted by Crippen LogP contribution is -2.42. The molecule has 4 nitrogen and oxygen atoms in total. The van der Waals surface area contributed by atoms with Crippen LogP contribution in [0.1, 0.15) is 32.1 Å². The first-order valence-electron chi connectivity index (χ1n) is 6.27. The van der Waals surface area contributed by atoms with Gasteiger partial charge in [0.15, 0.2) is 0 Å². The smallest absolute Gasteiger partial charge is 0.312 e. The third-order valence-electron chi connectivity index (χ3n) is 4.37. The highest BCUT2D eigenvalue weighted by Crippen LogP contribution is 2.50. The predicted molar refractivity (Wildman–Crippen MR) is 58.0 cm³/mol. The molecule has 16 heavy (non-hydrogen) atoms. The summed E-state index contributed by atoms with van der Waals surface area (Å²) in [6.45, 7) is 3.37. The van der Waals surface area contributed by atoms with Gasteiger partial charge in [-0.25, -0.2) is 0 Å². The molecular weight excluding hydrogens is 206 g/mol. The molecule has 0 aromatic rings. The monoisotopic (exact) mass is 225 g/mol. The molecule has 90 valence electrons. The van der Waals surface area contributed by atoms with E-state index in [1.54, 1.807) is 0 Å². The van der Waals surface area contributed by atoms with Crippen molar-refractivity contribution >= 4 is 5.97 Å². The summed E-state index contributed by atoms with van der Waals surface area (Å²) in [6, 6.07) is 0. The molecule has 3 aliphatic rings. The van der Waals surface area contributed by atoms with Crippen LogP contribution >= 0.6 is 0 Å². The van der Waals surface area contributed by atoms with Gasteiger partial charge in [0.2, 0.25) is 0 Å². The maximum atomic E-state index is 12.1. The highest BCUT2D eigenvalue weighted by atomic mass is 16.6. The average Bonchev–Trinajstić information content (AvgIpc) is 2.54. The van der Waals surface area contributed by atoms with Crippen molar-refractivity contribution in [1.82, 2.24) is 5.32 Å². The number of nitrogens with one attached hydrogen (secondary N) is 1. The molecule has 1 N–H and O–H groups in total. The van der Waals surface area contributed by atoms with Crippen LogP contribution in [0.4, 0.5) is 0 Å². The molecule has 0 saturated carbocycles. The van der Waals surface area contributed by atoms with Crippen LogP contribution in [0.3, 0.4) is 0 Å². The third kappa shape index (κ3) is 1.55. The fourth-order valence-electron chi connectivity index (χ4n) is 3.33. The third-order valence-corrected chi connectivity index (χ3v) is 4.37. The summed E-state index contributed by atoms with van der Waals surface area (Å²) in [6.07, 6.45) is 4.56. The minimum absolute atomic E-state index is 0.0395. The van der Waals surface area contributed by atoms with E-state index in [0.717, 1.165) is 45.2 Å². The van der Waals surface area contributed by atoms with Crippen LogP contribution < -0.4 is 5.32 Å². The van der Waals surface area contributed by atoms with E-state index in [0.29, 0.717) is 13.2 Å². The molecule has 0 amide bonds. The SMILES string of the molecule is O=C1OC2(CCNCC2)CC12CCOCC2. The van der Waals surface area contributed by atoms with Crippen LogP contribution in [-0.4, -0.2) is 37.9 Å². The number of esters is 1. The first kappa shape index (κ1) is 10.5. The Labute approximate surface area is 95.7 Å². The van der Waals surface area contributed by atoms with E-state index in [1.807, 2.05) is 0 Å². The number of carbonyl (C=O) groups excluding carboxylic acids is 1. The number of rotatable bonds is 0. The summed E-state index contributed by atoms with van der Waals surface area (Å²) in [4.78, 5) is 12.1. The van der Waals surface area contributed by atoms with Gasteiger partial charge in [0.25, 0.3) is 0 Å². The van der Waals surface area contributed by atoms with Gasteiger partial charge in [-0.05, 0) is 38.8 Å². The zero-order valence-electron chi connectivity index (χ0n) is 9.59. The Morgan fingerprint density at radius 1 is 1.06 bits per heavy atom. The molecular formula is C12H19NO3. The Balaban J connectivity index is 1.80. The topological polar surface area (TPSA) is 47.6 Å². The van der Waals surface area contributed by atoms with Crippen molar-refractivity contribution in [2.24, 2.45) is 5.41 Å². The van der Waals surface area contributed by atoms with Gasteiger partial charge in [0, 0.05) is 19.6 Å². The summed E-state index contributed by atoms with van der Waals surface area (Å²) in [5.74, 6) is 0.0395. The Morgan fingerprint density at radius 3 is 2.44 bits per heavy atom. The Hall–Kier alpha value is -0.610. The molecule has 3 heterocycles. The molecule has 0 radical (unpaired) electrons. The maximum absolute atomic E-state index is 12.1. The lowest BCUT2D eigenvalue weighted by molar-refractivity contribution is -0.158. The Morgan fingerprint density at radius 2 is 1.75 bits per heavy atom. The molecule has 3 fully saturated rings. The molecule has 0 unspecified atom stereocenters. The highest BCUT2D eigenvalue weighted by Gasteiger charge is 2.56. The lowest BCUT2D eigenvalue weighted by atomic mass is 9.72. The molecule has 3 rings (SSSR count). The van der Waals surface area contributed by atoms with Crippen molar-refractivity contribution < 1.29 is 14.3 Å². The summed E-state index contributed by atoms with van der Waals surface area (Å²) < 4.78 is 11.1. The van der Waals surface area contributed by atoms with Crippen molar-refractivity contribution in [2.75, 3.05) is 26.3 Å². The van der Waals surface area contributed by atoms with Gasteiger partial charge in [-0.2, -0.15) is 0 Å². The highest BCUT2D eigenvalue weighted by molar-refractivity contribution is 5.80. The maximum Gasteiger partial charge on any atom is 0.312 e. The van der Waals surface area contributed by atoms with E-state index in [1.165, 1.54) is 0 Å². The molecule has 0 atom stereocenters. The normalized spacial score (nSPS) is 31.9. The van der Waals surface area contributed by atoms with Crippen LogP contribution in [0.15, 0.2) is 0 Å². The van der Waals surface area contributed by atoms with E-state index < -0.39 is 0 Å². The molecule has 0 aliphatic carbocycles. The van der Waals surface area contributed by atoms with Crippen LogP contribution in [0, 0.1) is 5.41 Å². The van der Waals surface area contributed by atoms with Crippen molar-refractivity contribution in [3.05, 3.63) is 0 Å². The van der Waals surface area contributed by atoms with Crippen molar-refractivity contribution in [3.63, 3.8) is 0 Å². The van der Waals surface area contributed by atoms with E-state index in [2.05, 4.69) is 5.32 Å². The number of hydrogen-bond donors (Lipinski definition) is 1. The number of carbonyl (C=O) groups is 1. The molecule has 3 aliphatic heterocycles. The van der Waals surface area contributed by atoms with E-state index in [4.69, 9.17) is 9.47 Å². The molecule has 0 bridgehead atoms. The second-order valence-electron chi connectivity index (χ2n) is 5.39. The van der Waals surface area contributed by atoms with Crippen LogP contribution in [-0.2, 0) is 14.3 Å². The number of hydrogen-bond acceptors (Lipinski definition) is 4. The Bertz CT molecular complexity index is 291. The van der Waals surface area contributed by atoms with Crippen molar-refractivity contribution in [2.45, 2.75) is 37.7 Å². The second kappa shape index (κ2) is 3.70. The zero-order valence-corrected chi connectivity index (χ0v) is 9.59. The van der Waals surface area contributed by atoms with Crippen molar-refractivity contribution in [3.8, 4) is 0 Å². The van der Waals surface area contributed by atoms with Gasteiger partial charge in [0.05, 0.1) is 5.41 Å². The van der Waals surface area contributed by atoms with Gasteiger partial charge in [-0.3, -0.25) is 4.79 Å². The lowest BCUT2D eigenvalue weighted by Gasteiger charge is -2.34. The summed E-state index contributed by atoms with van der Waals surface area (Å²) in [5, 5.41) is 3.33. The van der Waals surface area contributed by atoms with Crippen LogP contribution in [0.5, 0.6) is 0 Å². The fraction of sp³-hybridized carbons (Fsp3) is 0.917. The summed E-state index contributed by atoms with van der Waals surface area (Å²) in [5.41, 5.74) is -0.366. The summed E-state index contributed by atoms with van der Waals surface area (Å²) >= 11 is 0. The largest absolute Gasteiger partial charge is 0.459 e. The number of piperidine rings is 1. The number of ether oxygens (including phenoxy) is 2. The van der Waals surface area contributed by atoms with Gasteiger partial charge in [-0.1, -0.05) is 0 Å². The standard InChI is InChI=1S/C12H19NO3/c14-10-11(3-7-15-8-4-11)9-12(16-10)1-5-13-6-2-12/h13H,1-9H2. The minimum atomic E-state index is -0.213. The molecule has 0 aromatic carbocycles.